The van der Waals surface area contributed by atoms with E-state index >= 15 is 0 Å². The second-order valence-electron chi connectivity index (χ2n) is 5.00. The van der Waals surface area contributed by atoms with Gasteiger partial charge in [-0.15, -0.1) is 0 Å². The normalized spacial score (nSPS) is 13.3. The molecule has 5 nitrogen and oxygen atoms in total. The Balaban J connectivity index is 2.42. The fourth-order valence-corrected chi connectivity index (χ4v) is 2.19. The van der Waals surface area contributed by atoms with Crippen LogP contribution in [0.3, 0.4) is 0 Å². The molecule has 21 heavy (non-hydrogen) atoms. The van der Waals surface area contributed by atoms with Crippen molar-refractivity contribution < 1.29 is 14.7 Å². The van der Waals surface area contributed by atoms with E-state index in [1.807, 2.05) is 38.1 Å². The smallest absolute Gasteiger partial charge is 0.315 e. The molecule has 0 saturated carbocycles. The second kappa shape index (κ2) is 8.67. The van der Waals surface area contributed by atoms with Crippen molar-refractivity contribution in [1.29, 1.82) is 0 Å². The molecular weight excluding hydrogens is 336 g/mol. The summed E-state index contributed by atoms with van der Waals surface area (Å²) in [5.74, 6) is -0.886. The van der Waals surface area contributed by atoms with Gasteiger partial charge in [0.1, 0.15) is 0 Å². The van der Waals surface area contributed by atoms with Gasteiger partial charge in [-0.3, -0.25) is 4.79 Å². The zero-order valence-electron chi connectivity index (χ0n) is 12.2. The first-order chi connectivity index (χ1) is 9.92. The third kappa shape index (κ3) is 6.62. The van der Waals surface area contributed by atoms with E-state index < -0.39 is 5.97 Å². The summed E-state index contributed by atoms with van der Waals surface area (Å²) in [7, 11) is 0. The maximum atomic E-state index is 11.8. The molecule has 0 heterocycles. The highest BCUT2D eigenvalue weighted by molar-refractivity contribution is 9.10. The molecule has 1 aromatic carbocycles. The number of carbonyl (C=O) groups excluding carboxylic acids is 1. The van der Waals surface area contributed by atoms with Gasteiger partial charge < -0.3 is 15.7 Å². The molecule has 0 spiro atoms. The molecule has 1 aromatic rings. The van der Waals surface area contributed by atoms with Crippen LogP contribution >= 0.6 is 15.9 Å². The molecule has 0 radical (unpaired) electrons. The third-order valence-corrected chi connectivity index (χ3v) is 3.84. The van der Waals surface area contributed by atoms with Crippen LogP contribution in [0.15, 0.2) is 28.7 Å². The van der Waals surface area contributed by atoms with Crippen molar-refractivity contribution in [2.75, 3.05) is 6.54 Å². The summed E-state index contributed by atoms with van der Waals surface area (Å²) in [4.78, 5) is 22.5. The molecule has 0 aliphatic carbocycles. The molecule has 116 valence electrons. The fourth-order valence-electron chi connectivity index (χ4n) is 1.93. The second-order valence-corrected chi connectivity index (χ2v) is 5.92. The van der Waals surface area contributed by atoms with E-state index in [-0.39, 0.29) is 24.4 Å². The van der Waals surface area contributed by atoms with Crippen LogP contribution in [-0.4, -0.2) is 23.7 Å². The monoisotopic (exact) mass is 356 g/mol. The fraction of sp³-hybridized carbons (Fsp3) is 0.467. The Hall–Kier alpha value is -1.56. The molecule has 0 aliphatic rings. The zero-order chi connectivity index (χ0) is 15.8. The minimum absolute atomic E-state index is 0.0452. The molecular formula is C15H21BrN2O3. The summed E-state index contributed by atoms with van der Waals surface area (Å²) in [5.41, 5.74) is 1.01. The molecule has 3 N–H and O–H groups in total. The average molecular weight is 357 g/mol. The Morgan fingerprint density at radius 3 is 2.43 bits per heavy atom. The van der Waals surface area contributed by atoms with Crippen LogP contribution in [0, 0.1) is 5.92 Å². The van der Waals surface area contributed by atoms with E-state index in [2.05, 4.69) is 26.6 Å². The maximum Gasteiger partial charge on any atom is 0.315 e. The summed E-state index contributed by atoms with van der Waals surface area (Å²) in [6.07, 6.45) is 0.786. The average Bonchev–Trinajstić information content (AvgIpc) is 2.43. The van der Waals surface area contributed by atoms with Crippen LogP contribution in [0.4, 0.5) is 4.79 Å². The van der Waals surface area contributed by atoms with Gasteiger partial charge in [-0.25, -0.2) is 4.79 Å². The number of hydrogen-bond acceptors (Lipinski definition) is 2. The number of carboxylic acid groups (broad SMARTS) is 1. The largest absolute Gasteiger partial charge is 0.481 e. The van der Waals surface area contributed by atoms with Crippen LogP contribution in [-0.2, 0) is 4.79 Å². The van der Waals surface area contributed by atoms with E-state index in [4.69, 9.17) is 5.11 Å². The minimum atomic E-state index is -0.840. The van der Waals surface area contributed by atoms with Crippen molar-refractivity contribution >= 4 is 27.9 Å². The summed E-state index contributed by atoms with van der Waals surface area (Å²) in [5, 5.41) is 14.3. The quantitative estimate of drug-likeness (QED) is 0.701. The van der Waals surface area contributed by atoms with E-state index in [0.29, 0.717) is 6.54 Å². The summed E-state index contributed by atoms with van der Waals surface area (Å²) in [6.45, 7) is 4.18. The van der Waals surface area contributed by atoms with Gasteiger partial charge in [0.25, 0.3) is 0 Å². The molecule has 0 saturated heterocycles. The van der Waals surface area contributed by atoms with Gasteiger partial charge in [-0.2, -0.15) is 0 Å². The first-order valence-electron chi connectivity index (χ1n) is 6.94. The van der Waals surface area contributed by atoms with Gasteiger partial charge in [0, 0.05) is 17.4 Å². The number of carboxylic acids is 1. The molecule has 0 aliphatic heterocycles. The lowest BCUT2D eigenvalue weighted by atomic mass is 10.0. The molecule has 1 rings (SSSR count). The SMILES string of the molecule is CCC(CNC(=O)NC(C)c1ccc(Br)cc1)CC(=O)O. The van der Waals surface area contributed by atoms with Crippen LogP contribution in [0.5, 0.6) is 0 Å². The van der Waals surface area contributed by atoms with E-state index in [1.54, 1.807) is 0 Å². The lowest BCUT2D eigenvalue weighted by Gasteiger charge is -2.17. The summed E-state index contributed by atoms with van der Waals surface area (Å²) in [6, 6.07) is 7.33. The number of amides is 2. The number of halogens is 1. The van der Waals surface area contributed by atoms with Gasteiger partial charge >= 0.3 is 12.0 Å². The topological polar surface area (TPSA) is 78.4 Å². The molecule has 6 heteroatoms. The predicted octanol–water partition coefficient (Wildman–Crippen LogP) is 3.31. The first kappa shape index (κ1) is 17.5. The molecule has 2 unspecified atom stereocenters. The highest BCUT2D eigenvalue weighted by atomic mass is 79.9. The third-order valence-electron chi connectivity index (χ3n) is 3.31. The number of urea groups is 1. The highest BCUT2D eigenvalue weighted by Crippen LogP contribution is 2.16. The Morgan fingerprint density at radius 2 is 1.90 bits per heavy atom. The summed E-state index contributed by atoms with van der Waals surface area (Å²) < 4.78 is 0.988. The standard InChI is InChI=1S/C15H21BrN2O3/c1-3-11(8-14(19)20)9-17-15(21)18-10(2)12-4-6-13(16)7-5-12/h4-7,10-11H,3,8-9H2,1-2H3,(H,19,20)(H2,17,18,21). The van der Waals surface area contributed by atoms with Gasteiger partial charge in [-0.05, 0) is 30.5 Å². The number of nitrogens with one attached hydrogen (secondary N) is 2. The van der Waals surface area contributed by atoms with Crippen molar-refractivity contribution in [2.45, 2.75) is 32.7 Å². The minimum Gasteiger partial charge on any atom is -0.481 e. The van der Waals surface area contributed by atoms with Crippen LogP contribution in [0.25, 0.3) is 0 Å². The number of hydrogen-bond donors (Lipinski definition) is 3. The highest BCUT2D eigenvalue weighted by Gasteiger charge is 2.14. The van der Waals surface area contributed by atoms with Crippen molar-refractivity contribution in [3.63, 3.8) is 0 Å². The van der Waals surface area contributed by atoms with Crippen molar-refractivity contribution in [3.05, 3.63) is 34.3 Å². The molecule has 0 fully saturated rings. The van der Waals surface area contributed by atoms with Crippen LogP contribution in [0.2, 0.25) is 0 Å². The Bertz CT molecular complexity index is 476. The van der Waals surface area contributed by atoms with Crippen LogP contribution < -0.4 is 10.6 Å². The molecule has 2 atom stereocenters. The van der Waals surface area contributed by atoms with Crippen LogP contribution in [0.1, 0.15) is 38.3 Å². The molecule has 0 bridgehead atoms. The van der Waals surface area contributed by atoms with E-state index in [0.717, 1.165) is 16.5 Å². The van der Waals surface area contributed by atoms with Crippen molar-refractivity contribution in [3.8, 4) is 0 Å². The Labute approximate surface area is 133 Å². The van der Waals surface area contributed by atoms with Gasteiger partial charge in [0.2, 0.25) is 0 Å². The first-order valence-corrected chi connectivity index (χ1v) is 7.73. The molecule has 0 aromatic heterocycles. The number of carbonyl (C=O) groups is 2. The Kier molecular flexibility index (Phi) is 7.22. The zero-order valence-corrected chi connectivity index (χ0v) is 13.8. The lowest BCUT2D eigenvalue weighted by molar-refractivity contribution is -0.138. The van der Waals surface area contributed by atoms with Crippen molar-refractivity contribution in [1.82, 2.24) is 10.6 Å². The van der Waals surface area contributed by atoms with E-state index in [9.17, 15) is 9.59 Å². The number of benzene rings is 1. The Morgan fingerprint density at radius 1 is 1.29 bits per heavy atom. The van der Waals surface area contributed by atoms with E-state index in [1.165, 1.54) is 0 Å². The van der Waals surface area contributed by atoms with Gasteiger partial charge in [-0.1, -0.05) is 41.4 Å². The molecule has 2 amide bonds. The van der Waals surface area contributed by atoms with Gasteiger partial charge in [0.15, 0.2) is 0 Å². The maximum absolute atomic E-state index is 11.8. The number of aliphatic carboxylic acids is 1. The van der Waals surface area contributed by atoms with Gasteiger partial charge in [0.05, 0.1) is 6.04 Å². The lowest BCUT2D eigenvalue weighted by Crippen LogP contribution is -2.39. The summed E-state index contributed by atoms with van der Waals surface area (Å²) >= 11 is 3.37. The van der Waals surface area contributed by atoms with Crippen molar-refractivity contribution in [2.24, 2.45) is 5.92 Å². The number of rotatable bonds is 7. The predicted molar refractivity (Wildman–Crippen MR) is 85.1 cm³/mol.